The lowest BCUT2D eigenvalue weighted by Gasteiger charge is -2.30. The first-order valence-electron chi connectivity index (χ1n) is 9.09. The van der Waals surface area contributed by atoms with Crippen LogP contribution in [0.5, 0.6) is 0 Å². The molecule has 2 aromatic rings. The number of aryl methyl sites for hydroxylation is 2. The molecule has 1 fully saturated rings. The molecule has 1 amide bonds. The summed E-state index contributed by atoms with van der Waals surface area (Å²) < 4.78 is 6.88. The van der Waals surface area contributed by atoms with E-state index in [0.29, 0.717) is 22.5 Å². The maximum atomic E-state index is 12.3. The molecule has 9 heteroatoms. The first-order chi connectivity index (χ1) is 12.9. The van der Waals surface area contributed by atoms with Gasteiger partial charge in [0.1, 0.15) is 0 Å². The van der Waals surface area contributed by atoms with Crippen LogP contribution in [0.3, 0.4) is 0 Å². The molecule has 0 radical (unpaired) electrons. The van der Waals surface area contributed by atoms with Gasteiger partial charge in [-0.15, -0.1) is 5.10 Å². The van der Waals surface area contributed by atoms with E-state index in [2.05, 4.69) is 22.0 Å². The first-order valence-corrected chi connectivity index (χ1v) is 10.3. The van der Waals surface area contributed by atoms with Gasteiger partial charge in [-0.2, -0.15) is 4.98 Å². The summed E-state index contributed by atoms with van der Waals surface area (Å²) in [4.78, 5) is 35.1. The highest BCUT2D eigenvalue weighted by Gasteiger charge is 2.22. The third-order valence-corrected chi connectivity index (χ3v) is 5.44. The van der Waals surface area contributed by atoms with Crippen LogP contribution in [0.4, 0.5) is 0 Å². The highest BCUT2D eigenvalue weighted by atomic mass is 32.2. The summed E-state index contributed by atoms with van der Waals surface area (Å²) in [6.45, 7) is 7.11. The minimum absolute atomic E-state index is 0.0543. The third kappa shape index (κ3) is 4.40. The fraction of sp³-hybridized carbons (Fsp3) is 0.611. The number of aromatic nitrogens is 4. The van der Waals surface area contributed by atoms with E-state index in [9.17, 15) is 9.59 Å². The number of nitrogens with zero attached hydrogens (tertiary/aromatic N) is 5. The first kappa shape index (κ1) is 19.6. The van der Waals surface area contributed by atoms with Gasteiger partial charge in [0.2, 0.25) is 5.16 Å². The molecule has 146 valence electrons. The number of ether oxygens (including phenoxy) is 1. The van der Waals surface area contributed by atoms with Crippen LogP contribution < -0.4 is 0 Å². The van der Waals surface area contributed by atoms with Crippen LogP contribution in [0.25, 0.3) is 5.78 Å². The number of hydrogen-bond donors (Lipinski definition) is 0. The Balaban J connectivity index is 1.64. The molecule has 0 unspecified atom stereocenters. The number of thioether (sulfide) groups is 1. The van der Waals surface area contributed by atoms with Crippen molar-refractivity contribution in [1.29, 1.82) is 0 Å². The maximum Gasteiger partial charge on any atom is 0.310 e. The van der Waals surface area contributed by atoms with Gasteiger partial charge in [-0.1, -0.05) is 18.7 Å². The number of carbonyl (C=O) groups excluding carboxylic acids is 2. The summed E-state index contributed by atoms with van der Waals surface area (Å²) in [7, 11) is 0. The molecule has 0 saturated carbocycles. The monoisotopic (exact) mass is 391 g/mol. The Bertz CT molecular complexity index is 866. The van der Waals surface area contributed by atoms with Crippen LogP contribution in [0.1, 0.15) is 36.7 Å². The average Bonchev–Trinajstić information content (AvgIpc) is 3.06. The molecule has 0 N–H and O–H groups in total. The Hall–Kier alpha value is -2.16. The lowest BCUT2D eigenvalue weighted by molar-refractivity contribution is -0.152. The minimum Gasteiger partial charge on any atom is -0.455 e. The van der Waals surface area contributed by atoms with E-state index in [4.69, 9.17) is 4.74 Å². The van der Waals surface area contributed by atoms with Gasteiger partial charge in [0.25, 0.3) is 11.7 Å². The SMILES string of the molecule is CSc1nc2nc(C)c(CC(=O)OCC(=O)N3CCC[C@H](C)C3)c(C)n2n1. The van der Waals surface area contributed by atoms with Crippen molar-refractivity contribution in [2.45, 2.75) is 45.2 Å². The minimum atomic E-state index is -0.439. The van der Waals surface area contributed by atoms with Gasteiger partial charge in [0.15, 0.2) is 6.61 Å². The fourth-order valence-electron chi connectivity index (χ4n) is 3.38. The second kappa shape index (κ2) is 8.24. The summed E-state index contributed by atoms with van der Waals surface area (Å²) >= 11 is 1.44. The van der Waals surface area contributed by atoms with Crippen LogP contribution in [0.15, 0.2) is 5.16 Å². The maximum absolute atomic E-state index is 12.3. The highest BCUT2D eigenvalue weighted by Crippen LogP contribution is 2.18. The smallest absolute Gasteiger partial charge is 0.310 e. The molecule has 8 nitrogen and oxygen atoms in total. The van der Waals surface area contributed by atoms with Gasteiger partial charge in [-0.05, 0) is 38.9 Å². The number of fused-ring (bicyclic) bond motifs is 1. The summed E-state index contributed by atoms with van der Waals surface area (Å²) in [5.41, 5.74) is 2.27. The third-order valence-electron chi connectivity index (χ3n) is 4.90. The molecule has 3 heterocycles. The number of carbonyl (C=O) groups is 2. The summed E-state index contributed by atoms with van der Waals surface area (Å²) in [6, 6.07) is 0. The summed E-state index contributed by atoms with van der Waals surface area (Å²) in [5.74, 6) is 0.444. The quantitative estimate of drug-likeness (QED) is 0.567. The average molecular weight is 391 g/mol. The molecule has 27 heavy (non-hydrogen) atoms. The summed E-state index contributed by atoms with van der Waals surface area (Å²) in [5, 5.41) is 5.01. The number of hydrogen-bond acceptors (Lipinski definition) is 7. The molecule has 1 atom stereocenters. The second-order valence-corrected chi connectivity index (χ2v) is 7.77. The Labute approximate surface area is 162 Å². The predicted molar refractivity (Wildman–Crippen MR) is 102 cm³/mol. The molecule has 0 aromatic carbocycles. The van der Waals surface area contributed by atoms with Gasteiger partial charge in [-0.3, -0.25) is 9.59 Å². The lowest BCUT2D eigenvalue weighted by Crippen LogP contribution is -2.41. The normalized spacial score (nSPS) is 17.3. The molecule has 0 aliphatic carbocycles. The molecule has 2 aromatic heterocycles. The van der Waals surface area contributed by atoms with E-state index >= 15 is 0 Å². The molecule has 0 spiro atoms. The van der Waals surface area contributed by atoms with Crippen molar-refractivity contribution in [3.63, 3.8) is 0 Å². The zero-order valence-corrected chi connectivity index (χ0v) is 17.0. The molecular formula is C18H25N5O3S. The topological polar surface area (TPSA) is 89.7 Å². The van der Waals surface area contributed by atoms with Crippen molar-refractivity contribution in [3.8, 4) is 0 Å². The zero-order valence-electron chi connectivity index (χ0n) is 16.2. The number of esters is 1. The molecule has 0 bridgehead atoms. The Kier molecular flexibility index (Phi) is 5.98. The van der Waals surface area contributed by atoms with Crippen LogP contribution >= 0.6 is 11.8 Å². The number of rotatable bonds is 5. The number of piperidine rings is 1. The standard InChI is InChI=1S/C18H25N5O3S/c1-11-6-5-7-22(9-11)15(24)10-26-16(25)8-14-12(2)19-17-20-18(27-4)21-23(17)13(14)3/h11H,5-10H2,1-4H3/t11-/m0/s1. The van der Waals surface area contributed by atoms with Crippen LogP contribution in [0, 0.1) is 19.8 Å². The Morgan fingerprint density at radius 3 is 2.78 bits per heavy atom. The molecule has 3 rings (SSSR count). The van der Waals surface area contributed by atoms with E-state index in [1.54, 1.807) is 9.42 Å². The van der Waals surface area contributed by atoms with Crippen molar-refractivity contribution in [1.82, 2.24) is 24.5 Å². The van der Waals surface area contributed by atoms with Crippen molar-refractivity contribution in [2.24, 2.45) is 5.92 Å². The van der Waals surface area contributed by atoms with Crippen LogP contribution in [-0.2, 0) is 20.7 Å². The number of amides is 1. The Morgan fingerprint density at radius 1 is 1.30 bits per heavy atom. The Morgan fingerprint density at radius 2 is 2.07 bits per heavy atom. The van der Waals surface area contributed by atoms with E-state index < -0.39 is 5.97 Å². The van der Waals surface area contributed by atoms with Crippen molar-refractivity contribution in [3.05, 3.63) is 17.0 Å². The lowest BCUT2D eigenvalue weighted by atomic mass is 10.0. The summed E-state index contributed by atoms with van der Waals surface area (Å²) in [6.07, 6.45) is 4.09. The van der Waals surface area contributed by atoms with Crippen molar-refractivity contribution in [2.75, 3.05) is 26.0 Å². The van der Waals surface area contributed by atoms with Crippen LogP contribution in [-0.4, -0.2) is 62.3 Å². The highest BCUT2D eigenvalue weighted by molar-refractivity contribution is 7.98. The van der Waals surface area contributed by atoms with Crippen molar-refractivity contribution >= 4 is 29.4 Å². The second-order valence-electron chi connectivity index (χ2n) is 7.00. The van der Waals surface area contributed by atoms with Crippen molar-refractivity contribution < 1.29 is 14.3 Å². The zero-order chi connectivity index (χ0) is 19.6. The number of likely N-dealkylation sites (tertiary alicyclic amines) is 1. The van der Waals surface area contributed by atoms with Gasteiger partial charge in [0, 0.05) is 30.0 Å². The van der Waals surface area contributed by atoms with Crippen LogP contribution in [0.2, 0.25) is 0 Å². The van der Waals surface area contributed by atoms with E-state index in [1.807, 2.05) is 20.1 Å². The molecular weight excluding hydrogens is 366 g/mol. The largest absolute Gasteiger partial charge is 0.455 e. The van der Waals surface area contributed by atoms with Gasteiger partial charge in [-0.25, -0.2) is 9.50 Å². The van der Waals surface area contributed by atoms with E-state index in [1.165, 1.54) is 11.8 Å². The van der Waals surface area contributed by atoms with Gasteiger partial charge >= 0.3 is 5.97 Å². The molecule has 1 aliphatic rings. The predicted octanol–water partition coefficient (Wildman–Crippen LogP) is 1.81. The molecule has 1 saturated heterocycles. The van der Waals surface area contributed by atoms with Gasteiger partial charge in [0.05, 0.1) is 6.42 Å². The molecule has 1 aliphatic heterocycles. The van der Waals surface area contributed by atoms with E-state index in [0.717, 1.165) is 37.2 Å². The van der Waals surface area contributed by atoms with E-state index in [-0.39, 0.29) is 18.9 Å². The fourth-order valence-corrected chi connectivity index (χ4v) is 3.71. The van der Waals surface area contributed by atoms with Gasteiger partial charge < -0.3 is 9.64 Å².